The van der Waals surface area contributed by atoms with E-state index in [-0.39, 0.29) is 173 Å². The van der Waals surface area contributed by atoms with Gasteiger partial charge in [-0.25, -0.2) is 0 Å². The monoisotopic (exact) mass is 1640 g/mol. The van der Waals surface area contributed by atoms with Gasteiger partial charge in [-0.2, -0.15) is 34.0 Å². The molecule has 1 radical (unpaired) electrons. The third kappa shape index (κ3) is 11.4. The standard InChI is InChI=1S/C46H49N3O8S.C32H37N3O7S.Ac/c1-24-15-28-16-34-36(18-47)49-35(40(48(34)5)38(28)41(26(24)3)55-22-53-6)17-46(52)39(43-42(56-23-57-43)27(4)44(46)50)37(49)19-54-45(51)25(2)20-58-21-33-31-13-9-7-11-29(31)30-12-8-10-14-32(30)33;1-14-7-18-8-19-20(9-33)35-21-10-39-32(37)15(2)11-43-31(24-23(21)30-29(41-13-42-30)17(4)27(24)36)26(35)25(34(19)5)22(18)28(16(14)3)40-12-38-6;/h7-15,25,33-37,40,52H,16-17,19-23H2,1-6H3;7,15,19-21,25-26,31,36H,8,10-13H2,1-6H3;/t25-,34+,35?,36+,37+,40+,46?;15-,19-,20-,21-,25+,26?,31+;/m10./s1. The van der Waals surface area contributed by atoms with Gasteiger partial charge in [0.25, 0.3) is 0 Å². The van der Waals surface area contributed by atoms with Crippen molar-refractivity contribution in [1.29, 1.82) is 10.5 Å². The molecule has 0 amide bonds. The fourth-order valence-electron chi connectivity index (χ4n) is 18.6. The van der Waals surface area contributed by atoms with E-state index in [2.05, 4.69) is 113 Å². The van der Waals surface area contributed by atoms with E-state index in [1.165, 1.54) is 27.8 Å². The molecule has 2 aliphatic carbocycles. The number of aromatic hydroxyl groups is 1. The molecule has 0 aromatic heterocycles. The van der Waals surface area contributed by atoms with Gasteiger partial charge in [0.15, 0.2) is 48.0 Å². The molecule has 0 spiro atoms. The summed E-state index contributed by atoms with van der Waals surface area (Å²) in [4.78, 5) is 50.3. The van der Waals surface area contributed by atoms with Crippen molar-refractivity contribution in [2.24, 2.45) is 11.8 Å². The molecule has 21 nitrogen and oxygen atoms in total. The van der Waals surface area contributed by atoms with Gasteiger partial charge >= 0.3 is 11.9 Å². The van der Waals surface area contributed by atoms with Crippen LogP contribution in [0.2, 0.25) is 0 Å². The first-order valence-corrected chi connectivity index (χ1v) is 37.0. The molecule has 5 aromatic carbocycles. The van der Waals surface area contributed by atoms with Gasteiger partial charge in [0, 0.05) is 151 Å². The fourth-order valence-corrected chi connectivity index (χ4v) is 21.3. The second-order valence-corrected chi connectivity index (χ2v) is 31.1. The number of Topliss-reactive ketones (excluding diaryl/α,β-unsaturated/α-hetero) is 1. The number of methoxy groups -OCH3 is 2. The van der Waals surface area contributed by atoms with Gasteiger partial charge < -0.3 is 57.6 Å². The number of ketones is 1. The van der Waals surface area contributed by atoms with Gasteiger partial charge in [0.2, 0.25) is 13.6 Å². The zero-order chi connectivity index (χ0) is 70.9. The molecule has 16 rings (SSSR count). The predicted octanol–water partition coefficient (Wildman–Crippen LogP) is 10.3. The van der Waals surface area contributed by atoms with Crippen molar-refractivity contribution in [2.75, 3.05) is 86.0 Å². The van der Waals surface area contributed by atoms with Crippen molar-refractivity contribution in [2.45, 2.75) is 152 Å². The van der Waals surface area contributed by atoms with Crippen molar-refractivity contribution in [3.63, 3.8) is 0 Å². The molecule has 3 unspecified atom stereocenters. The number of hydrogen-bond donors (Lipinski definition) is 2. The smallest absolute Gasteiger partial charge is 0.309 e. The Hall–Kier alpha value is -6.37. The molecule has 5 fully saturated rings. The Morgan fingerprint density at radius 3 is 1.93 bits per heavy atom. The summed E-state index contributed by atoms with van der Waals surface area (Å²) >= 11 is 3.36. The second kappa shape index (κ2) is 28.5. The number of benzene rings is 5. The zero-order valence-corrected chi connectivity index (χ0v) is 66.0. The number of carbonyl (C=O) groups excluding carboxylic acids is 3. The van der Waals surface area contributed by atoms with E-state index < -0.39 is 47.5 Å². The number of esters is 2. The van der Waals surface area contributed by atoms with Gasteiger partial charge in [-0.15, -0.1) is 0 Å². The topological polar surface area (TPSA) is 245 Å². The number of piperazine rings is 2. The maximum Gasteiger partial charge on any atom is 0.309 e. The summed E-state index contributed by atoms with van der Waals surface area (Å²) < 4.78 is 59.4. The third-order valence-corrected chi connectivity index (χ3v) is 26.4. The maximum absolute atomic E-state index is 14.4. The molecule has 5 saturated heterocycles. The summed E-state index contributed by atoms with van der Waals surface area (Å²) in [5, 5.41) is 46.3. The summed E-state index contributed by atoms with van der Waals surface area (Å²) in [6, 6.07) is 22.4. The quantitative estimate of drug-likeness (QED) is 0.0822. The van der Waals surface area contributed by atoms with Crippen molar-refractivity contribution in [1.82, 2.24) is 19.6 Å². The summed E-state index contributed by atoms with van der Waals surface area (Å²) in [6.45, 7) is 15.4. The van der Waals surface area contributed by atoms with Crippen LogP contribution in [-0.4, -0.2) is 181 Å². The Bertz CT molecular complexity index is 4380. The number of nitriles is 2. The Morgan fingerprint density at radius 2 is 1.31 bits per heavy atom. The first-order valence-electron chi connectivity index (χ1n) is 34.8. The van der Waals surface area contributed by atoms with E-state index in [0.29, 0.717) is 52.7 Å². The van der Waals surface area contributed by atoms with Crippen LogP contribution >= 0.6 is 23.5 Å². The van der Waals surface area contributed by atoms with Crippen LogP contribution < -0.4 is 18.9 Å². The number of phenols is 1. The normalized spacial score (nSPS) is 28.8. The Kier molecular flexibility index (Phi) is 20.3. The molecule has 0 saturated carbocycles. The van der Waals surface area contributed by atoms with E-state index in [1.807, 2.05) is 41.7 Å². The molecule has 6 bridgehead atoms. The molecule has 11 aliphatic rings. The van der Waals surface area contributed by atoms with Gasteiger partial charge in [-0.05, 0) is 124 Å². The van der Waals surface area contributed by atoms with Crippen LogP contribution in [0.25, 0.3) is 11.1 Å². The van der Waals surface area contributed by atoms with E-state index in [4.69, 9.17) is 47.4 Å². The number of cyclic esters (lactones) is 1. The van der Waals surface area contributed by atoms with E-state index >= 15 is 0 Å². The van der Waals surface area contributed by atoms with Gasteiger partial charge in [-0.3, -0.25) is 34.0 Å². The fraction of sp³-hybridized carbons (Fsp3) is 0.500. The van der Waals surface area contributed by atoms with Gasteiger partial charge in [0.1, 0.15) is 42.5 Å². The summed E-state index contributed by atoms with van der Waals surface area (Å²) in [7, 11) is 7.30. The molecule has 9 aliphatic heterocycles. The van der Waals surface area contributed by atoms with E-state index in [0.717, 1.165) is 61.6 Å². The molecule has 102 heavy (non-hydrogen) atoms. The van der Waals surface area contributed by atoms with Crippen molar-refractivity contribution in [3.8, 4) is 52.0 Å². The van der Waals surface area contributed by atoms with Crippen LogP contribution in [0, 0.1) is 113 Å². The second-order valence-electron chi connectivity index (χ2n) is 28.9. The minimum absolute atomic E-state index is 0. The number of carbonyl (C=O) groups is 3. The van der Waals surface area contributed by atoms with Crippen LogP contribution in [-0.2, 0) is 55.6 Å². The Labute approximate surface area is 639 Å². The number of hydrogen-bond acceptors (Lipinski definition) is 23. The number of thioether (sulfide) groups is 2. The molecule has 9 heterocycles. The number of aliphatic hydroxyl groups is 1. The van der Waals surface area contributed by atoms with Crippen LogP contribution in [0.5, 0.6) is 28.7 Å². The van der Waals surface area contributed by atoms with Gasteiger partial charge in [-0.1, -0.05) is 74.5 Å². The number of rotatable bonds is 13. The predicted molar refractivity (Wildman–Crippen MR) is 376 cm³/mol. The minimum atomic E-state index is -2.00. The molecule has 24 heteroatoms. The Morgan fingerprint density at radius 1 is 0.745 bits per heavy atom. The summed E-state index contributed by atoms with van der Waals surface area (Å²) in [5.41, 5.74) is 14.4. The Balaban J connectivity index is 0.000000179. The number of likely N-dealkylation sites (N-methyl/N-ethyl adjacent to an activating group) is 2. The first-order chi connectivity index (χ1) is 48.7. The maximum atomic E-state index is 14.4. The van der Waals surface area contributed by atoms with Crippen molar-refractivity contribution < 1.29 is 116 Å². The van der Waals surface area contributed by atoms with E-state index in [9.17, 15) is 35.1 Å². The van der Waals surface area contributed by atoms with Gasteiger partial charge in [0.05, 0.1) is 53.4 Å². The third-order valence-electron chi connectivity index (χ3n) is 23.5. The van der Waals surface area contributed by atoms with Crippen LogP contribution in [0.4, 0.5) is 0 Å². The van der Waals surface area contributed by atoms with E-state index in [1.54, 1.807) is 44.7 Å². The van der Waals surface area contributed by atoms with Crippen LogP contribution in [0.1, 0.15) is 129 Å². The number of aryl methyl sites for hydroxylation is 2. The molecular weight excluding hydrogens is 1550 g/mol. The molecule has 14 atom stereocenters. The number of fused-ring (bicyclic) bond motifs is 20. The van der Waals surface area contributed by atoms with Crippen LogP contribution in [0.3, 0.4) is 0 Å². The number of ether oxygens (including phenoxy) is 10. The van der Waals surface area contributed by atoms with Crippen molar-refractivity contribution in [3.05, 3.63) is 156 Å². The average molecular weight is 1640 g/mol. The minimum Gasteiger partial charge on any atom is -0.507 e. The molecule has 5 aromatic rings. The number of phenolic OH excluding ortho intramolecular Hbond substituents is 1. The SMILES string of the molecule is COCOc1c(C)c(C)cc2c1[C@@H]1C3CC4(O)C(=O)C(C)=C5OCOC5=C4[C@H](COC(=O)[C@H](C)CSCC4c5ccccc5-c5ccccc54)N3[C@@H](C#N)[C@H](C2)N1C.COCOc1c(C)c(C)cc2c1[C@@H]1C3[C@@H]4SC[C@H](C)C(=O)OC[C@@H](c5c6c(c(C)c(O)c54)OCO6)N3[C@@H](C#N)[C@H](C2)N1C.[Ac]. The number of nitrogens with zero attached hydrogens (tertiary/aromatic N) is 6. The number of piperidine rings is 1. The molecule has 2 N–H and O–H groups in total. The first kappa shape index (κ1) is 72.6. The molecule has 533 valence electrons. The van der Waals surface area contributed by atoms with Crippen LogP contribution in [0.15, 0.2) is 83.3 Å². The average Bonchev–Trinajstić information content (AvgIpc) is 0.911. The zero-order valence-electron chi connectivity index (χ0n) is 59.6. The summed E-state index contributed by atoms with van der Waals surface area (Å²) in [5.74, 6) is 3.53. The van der Waals surface area contributed by atoms with Crippen molar-refractivity contribution >= 4 is 41.2 Å². The summed E-state index contributed by atoms with van der Waals surface area (Å²) in [6.07, 6.45) is 1.22. The molecular formula is C78H86AcN6O15S2. The largest absolute Gasteiger partial charge is 0.507 e.